The first-order chi connectivity index (χ1) is 15.4. The molecule has 0 fully saturated rings. The van der Waals surface area contributed by atoms with Crippen molar-refractivity contribution in [3.63, 3.8) is 0 Å². The van der Waals surface area contributed by atoms with E-state index in [2.05, 4.69) is 27.0 Å². The Hall–Kier alpha value is -4.27. The number of anilines is 1. The third kappa shape index (κ3) is 3.64. The molecule has 4 aromatic rings. The standard InChI is InChI=1S/C23H21FN6O2/c1-4-5-14(13(2)26-3)17-11-28-23(30-12-19(21(25)31)29-22(17)30)27-10-16-15-8-9-32-20(15)7-6-18(16)24/h4-9,11-12H,3,10H2,1-2H3,(H2,25,31)(H,27,28)/b5-4-,14-13+. The zero-order valence-corrected chi connectivity index (χ0v) is 17.6. The number of aromatic nitrogens is 3. The average molecular weight is 432 g/mol. The largest absolute Gasteiger partial charge is 0.464 e. The number of carbonyl (C=O) groups is 1. The van der Waals surface area contributed by atoms with E-state index in [1.54, 1.807) is 22.7 Å². The molecule has 0 spiro atoms. The van der Waals surface area contributed by atoms with Crippen molar-refractivity contribution < 1.29 is 13.6 Å². The molecule has 9 heteroatoms. The maximum absolute atomic E-state index is 14.5. The second-order valence-electron chi connectivity index (χ2n) is 7.05. The summed E-state index contributed by atoms with van der Waals surface area (Å²) in [6, 6.07) is 4.65. The van der Waals surface area contributed by atoms with Crippen LogP contribution in [0.15, 0.2) is 64.1 Å². The Kier molecular flexibility index (Phi) is 5.55. The molecule has 32 heavy (non-hydrogen) atoms. The van der Waals surface area contributed by atoms with Crippen LogP contribution in [-0.2, 0) is 6.54 Å². The second-order valence-corrected chi connectivity index (χ2v) is 7.05. The van der Waals surface area contributed by atoms with Gasteiger partial charge in [0.2, 0.25) is 5.95 Å². The summed E-state index contributed by atoms with van der Waals surface area (Å²) in [6.45, 7) is 7.42. The van der Waals surface area contributed by atoms with Crippen LogP contribution in [0, 0.1) is 5.82 Å². The van der Waals surface area contributed by atoms with Crippen molar-refractivity contribution in [3.05, 3.63) is 77.3 Å². The molecule has 162 valence electrons. The number of amides is 1. The van der Waals surface area contributed by atoms with Gasteiger partial charge in [-0.1, -0.05) is 12.2 Å². The summed E-state index contributed by atoms with van der Waals surface area (Å²) in [5, 5.41) is 3.80. The fourth-order valence-electron chi connectivity index (χ4n) is 3.50. The maximum atomic E-state index is 14.5. The molecule has 3 N–H and O–H groups in total. The molecule has 0 aliphatic heterocycles. The number of hydrogen-bond acceptors (Lipinski definition) is 6. The lowest BCUT2D eigenvalue weighted by atomic mass is 10.1. The molecule has 0 aliphatic rings. The van der Waals surface area contributed by atoms with Crippen molar-refractivity contribution in [1.82, 2.24) is 14.4 Å². The molecular formula is C23H21FN6O2. The molecule has 0 atom stereocenters. The van der Waals surface area contributed by atoms with Crippen molar-refractivity contribution in [3.8, 4) is 0 Å². The molecule has 8 nitrogen and oxygen atoms in total. The van der Waals surface area contributed by atoms with Gasteiger partial charge in [-0.15, -0.1) is 0 Å². The van der Waals surface area contributed by atoms with Gasteiger partial charge < -0.3 is 15.5 Å². The number of allylic oxidation sites excluding steroid dienone is 4. The van der Waals surface area contributed by atoms with Crippen LogP contribution in [0.25, 0.3) is 22.2 Å². The number of rotatable bonds is 7. The predicted octanol–water partition coefficient (Wildman–Crippen LogP) is 4.33. The van der Waals surface area contributed by atoms with Crippen LogP contribution in [0.3, 0.4) is 0 Å². The number of nitrogens with two attached hydrogens (primary N) is 1. The first kappa shape index (κ1) is 21.0. The van der Waals surface area contributed by atoms with Crippen LogP contribution >= 0.6 is 0 Å². The minimum Gasteiger partial charge on any atom is -0.464 e. The molecule has 1 amide bonds. The topological polar surface area (TPSA) is 111 Å². The Bertz CT molecular complexity index is 1410. The summed E-state index contributed by atoms with van der Waals surface area (Å²) in [4.78, 5) is 24.7. The molecule has 0 bridgehead atoms. The monoisotopic (exact) mass is 432 g/mol. The van der Waals surface area contributed by atoms with Crippen LogP contribution in [-0.4, -0.2) is 27.0 Å². The molecule has 3 aromatic heterocycles. The summed E-state index contributed by atoms with van der Waals surface area (Å²) in [5.41, 5.74) is 9.09. The fraction of sp³-hybridized carbons (Fsp3) is 0.130. The third-order valence-electron chi connectivity index (χ3n) is 5.11. The first-order valence-corrected chi connectivity index (χ1v) is 9.81. The van der Waals surface area contributed by atoms with Crippen molar-refractivity contribution in [2.45, 2.75) is 20.4 Å². The van der Waals surface area contributed by atoms with Gasteiger partial charge in [-0.3, -0.25) is 14.2 Å². The van der Waals surface area contributed by atoms with Gasteiger partial charge in [0, 0.05) is 46.7 Å². The van der Waals surface area contributed by atoms with E-state index in [9.17, 15) is 9.18 Å². The molecule has 4 rings (SSSR count). The molecule has 0 radical (unpaired) electrons. The fourth-order valence-corrected chi connectivity index (χ4v) is 3.50. The summed E-state index contributed by atoms with van der Waals surface area (Å²) in [7, 11) is 0. The van der Waals surface area contributed by atoms with E-state index in [0.29, 0.717) is 39.4 Å². The van der Waals surface area contributed by atoms with E-state index in [0.717, 1.165) is 5.57 Å². The lowest BCUT2D eigenvalue weighted by molar-refractivity contribution is 0.0996. The second kappa shape index (κ2) is 8.46. The number of nitrogens with one attached hydrogen (secondary N) is 1. The lowest BCUT2D eigenvalue weighted by Gasteiger charge is -2.12. The van der Waals surface area contributed by atoms with Gasteiger partial charge in [-0.25, -0.2) is 14.4 Å². The molecule has 0 aliphatic carbocycles. The van der Waals surface area contributed by atoms with Crippen molar-refractivity contribution in [2.24, 2.45) is 10.7 Å². The number of carbonyl (C=O) groups excluding carboxylic acids is 1. The zero-order chi connectivity index (χ0) is 22.8. The van der Waals surface area contributed by atoms with Crippen LogP contribution in [0.2, 0.25) is 0 Å². The number of nitrogens with zero attached hydrogens (tertiary/aromatic N) is 4. The Morgan fingerprint density at radius 2 is 2.22 bits per heavy atom. The van der Waals surface area contributed by atoms with Crippen LogP contribution in [0.1, 0.15) is 35.5 Å². The number of benzene rings is 1. The molecular weight excluding hydrogens is 411 g/mol. The minimum atomic E-state index is -0.671. The normalized spacial score (nSPS) is 12.5. The number of primary amides is 1. The van der Waals surface area contributed by atoms with Gasteiger partial charge in [-0.05, 0) is 38.8 Å². The zero-order valence-electron chi connectivity index (χ0n) is 17.6. The number of hydrogen-bond donors (Lipinski definition) is 2. The van der Waals surface area contributed by atoms with E-state index in [-0.39, 0.29) is 18.1 Å². The van der Waals surface area contributed by atoms with E-state index in [1.165, 1.54) is 18.5 Å². The summed E-state index contributed by atoms with van der Waals surface area (Å²) in [5.74, 6) is -0.670. The van der Waals surface area contributed by atoms with Crippen molar-refractivity contribution in [1.29, 1.82) is 0 Å². The number of imidazole rings is 1. The van der Waals surface area contributed by atoms with Crippen molar-refractivity contribution >= 4 is 40.8 Å². The quantitative estimate of drug-likeness (QED) is 0.333. The number of furan rings is 1. The van der Waals surface area contributed by atoms with Crippen LogP contribution in [0.4, 0.5) is 10.3 Å². The highest BCUT2D eigenvalue weighted by atomic mass is 19.1. The van der Waals surface area contributed by atoms with Gasteiger partial charge in [-0.2, -0.15) is 0 Å². The Morgan fingerprint density at radius 3 is 2.94 bits per heavy atom. The van der Waals surface area contributed by atoms with E-state index in [4.69, 9.17) is 10.2 Å². The summed E-state index contributed by atoms with van der Waals surface area (Å²) >= 11 is 0. The molecule has 0 saturated heterocycles. The van der Waals surface area contributed by atoms with Gasteiger partial charge in [0.25, 0.3) is 5.91 Å². The summed E-state index contributed by atoms with van der Waals surface area (Å²) in [6.07, 6.45) is 8.35. The molecule has 3 heterocycles. The highest BCUT2D eigenvalue weighted by molar-refractivity contribution is 5.93. The number of halogens is 1. The number of fused-ring (bicyclic) bond motifs is 2. The van der Waals surface area contributed by atoms with Gasteiger partial charge >= 0.3 is 0 Å². The van der Waals surface area contributed by atoms with Crippen LogP contribution < -0.4 is 11.1 Å². The van der Waals surface area contributed by atoms with Crippen molar-refractivity contribution in [2.75, 3.05) is 5.32 Å². The maximum Gasteiger partial charge on any atom is 0.268 e. The predicted molar refractivity (Wildman–Crippen MR) is 122 cm³/mol. The highest BCUT2D eigenvalue weighted by Crippen LogP contribution is 2.28. The number of aliphatic imine (C=N–C) groups is 1. The molecule has 1 aromatic carbocycles. The van der Waals surface area contributed by atoms with E-state index < -0.39 is 5.91 Å². The molecule has 0 saturated carbocycles. The van der Waals surface area contributed by atoms with Gasteiger partial charge in [0.05, 0.1) is 6.26 Å². The Balaban J connectivity index is 1.82. The first-order valence-electron chi connectivity index (χ1n) is 9.81. The lowest BCUT2D eigenvalue weighted by Crippen LogP contribution is -2.11. The minimum absolute atomic E-state index is 0.0782. The SMILES string of the molecule is C=N/C(C)=C(\C=C/C)c1cnc(NCc2c(F)ccc3occc23)n2cc(C(N)=O)nc12. The van der Waals surface area contributed by atoms with Gasteiger partial charge in [0.1, 0.15) is 22.7 Å². The smallest absolute Gasteiger partial charge is 0.268 e. The van der Waals surface area contributed by atoms with E-state index in [1.807, 2.05) is 26.0 Å². The molecule has 0 unspecified atom stereocenters. The highest BCUT2D eigenvalue weighted by Gasteiger charge is 2.18. The average Bonchev–Trinajstić information content (AvgIpc) is 3.44. The third-order valence-corrected chi connectivity index (χ3v) is 5.11. The Labute approximate surface area is 183 Å². The van der Waals surface area contributed by atoms with Gasteiger partial charge in [0.15, 0.2) is 0 Å². The van der Waals surface area contributed by atoms with Crippen LogP contribution in [0.5, 0.6) is 0 Å². The summed E-state index contributed by atoms with van der Waals surface area (Å²) < 4.78 is 21.5. The van der Waals surface area contributed by atoms with E-state index >= 15 is 0 Å². The Morgan fingerprint density at radius 1 is 1.41 bits per heavy atom.